The Balaban J connectivity index is 2.95. The summed E-state index contributed by atoms with van der Waals surface area (Å²) in [5, 5.41) is 0. The molecule has 10 heavy (non-hydrogen) atoms. The first-order chi connectivity index (χ1) is 4.81. The Bertz CT molecular complexity index is 78.8. The maximum absolute atomic E-state index is 9.79. The number of hydrogen-bond donors (Lipinski definition) is 0. The topological polar surface area (TPSA) is 17.1 Å². The molecule has 0 aromatic heterocycles. The first kappa shape index (κ1) is 9.67. The minimum absolute atomic E-state index is 0.621. The molecule has 1 atom stereocenters. The van der Waals surface area contributed by atoms with Crippen LogP contribution in [-0.2, 0) is 4.79 Å². The highest BCUT2D eigenvalue weighted by atomic mass is 16.1. The Morgan fingerprint density at radius 1 is 1.40 bits per heavy atom. The highest BCUT2D eigenvalue weighted by molar-refractivity contribution is 5.50. The van der Waals surface area contributed by atoms with Gasteiger partial charge in [-0.3, -0.25) is 4.79 Å². The number of unbranched alkanes of at least 4 members (excludes halogenated alkanes) is 2. The lowest BCUT2D eigenvalue weighted by molar-refractivity contribution is 0.483. The average molecular weight is 141 g/mol. The summed E-state index contributed by atoms with van der Waals surface area (Å²) >= 11 is 0. The molecule has 0 aliphatic rings. The van der Waals surface area contributed by atoms with Gasteiger partial charge in [0, 0.05) is 6.42 Å². The first-order valence-corrected chi connectivity index (χ1v) is 4.16. The molecule has 0 spiro atoms. The van der Waals surface area contributed by atoms with Crippen LogP contribution in [0.5, 0.6) is 0 Å². The molecule has 0 heterocycles. The molecule has 0 saturated carbocycles. The van der Waals surface area contributed by atoms with Crippen molar-refractivity contribution in [2.45, 2.75) is 46.0 Å². The summed E-state index contributed by atoms with van der Waals surface area (Å²) in [6.07, 6.45) is 7.25. The number of hydrogen-bond acceptors (Lipinski definition) is 1. The predicted octanol–water partition coefficient (Wildman–Crippen LogP) is 2.70. The predicted molar refractivity (Wildman–Crippen MR) is 43.6 cm³/mol. The minimum Gasteiger partial charge on any atom is -0.291 e. The zero-order valence-corrected chi connectivity index (χ0v) is 7.02. The minimum atomic E-state index is 0.621. The van der Waals surface area contributed by atoms with Gasteiger partial charge < -0.3 is 0 Å². The summed E-state index contributed by atoms with van der Waals surface area (Å²) in [5.41, 5.74) is 0. The molecule has 1 heteroatoms. The van der Waals surface area contributed by atoms with Crippen LogP contribution in [0, 0.1) is 5.92 Å². The maximum atomic E-state index is 9.79. The second-order valence-corrected chi connectivity index (χ2v) is 2.90. The van der Waals surface area contributed by atoms with E-state index in [-0.39, 0.29) is 0 Å². The fourth-order valence-electron chi connectivity index (χ4n) is 0.894. The lowest BCUT2D eigenvalue weighted by atomic mass is 10.0. The van der Waals surface area contributed by atoms with Gasteiger partial charge in [0.25, 0.3) is 0 Å². The first-order valence-electron chi connectivity index (χ1n) is 4.16. The second-order valence-electron chi connectivity index (χ2n) is 2.90. The van der Waals surface area contributed by atoms with Crippen molar-refractivity contribution in [3.63, 3.8) is 0 Å². The van der Waals surface area contributed by atoms with E-state index in [1.165, 1.54) is 19.3 Å². The van der Waals surface area contributed by atoms with Crippen molar-refractivity contribution in [3.8, 4) is 0 Å². The lowest BCUT2D eigenvalue weighted by Gasteiger charge is -2.05. The van der Waals surface area contributed by atoms with Crippen LogP contribution in [0.2, 0.25) is 0 Å². The van der Waals surface area contributed by atoms with Crippen LogP contribution in [0.3, 0.4) is 0 Å². The Hall–Kier alpha value is -0.330. The highest BCUT2D eigenvalue weighted by Crippen LogP contribution is 2.11. The van der Waals surface area contributed by atoms with E-state index in [0.717, 1.165) is 12.3 Å². The third-order valence-electron chi connectivity index (χ3n) is 1.92. The molecule has 0 fully saturated rings. The summed E-state index contributed by atoms with van der Waals surface area (Å²) in [6, 6.07) is 0. The van der Waals surface area contributed by atoms with E-state index < -0.39 is 0 Å². The van der Waals surface area contributed by atoms with Crippen LogP contribution in [0.25, 0.3) is 0 Å². The molecule has 0 amide bonds. The van der Waals surface area contributed by atoms with Crippen molar-refractivity contribution < 1.29 is 4.79 Å². The van der Waals surface area contributed by atoms with Crippen LogP contribution in [0.1, 0.15) is 46.0 Å². The molecule has 1 nitrogen and oxygen atoms in total. The molecule has 0 aromatic carbocycles. The van der Waals surface area contributed by atoms with Crippen molar-refractivity contribution >= 4 is 6.29 Å². The molecule has 0 aliphatic carbocycles. The molecule has 59 valence electrons. The summed E-state index contributed by atoms with van der Waals surface area (Å²) in [7, 11) is 0. The van der Waals surface area contributed by atoms with E-state index in [9.17, 15) is 4.79 Å². The molecule has 0 bridgehead atoms. The average Bonchev–Trinajstić information content (AvgIpc) is 1.98. The SMILES string of the molecule is CCC(C)CCCC[C]=O. The molecule has 1 unspecified atom stereocenters. The van der Waals surface area contributed by atoms with Crippen LogP contribution in [0.4, 0.5) is 0 Å². The zero-order chi connectivity index (χ0) is 7.82. The van der Waals surface area contributed by atoms with Gasteiger partial charge in [0.1, 0.15) is 0 Å². The monoisotopic (exact) mass is 141 g/mol. The van der Waals surface area contributed by atoms with Crippen molar-refractivity contribution in [2.75, 3.05) is 0 Å². The fraction of sp³-hybridized carbons (Fsp3) is 0.889. The van der Waals surface area contributed by atoms with Gasteiger partial charge in [0.2, 0.25) is 0 Å². The second kappa shape index (κ2) is 6.79. The van der Waals surface area contributed by atoms with E-state index >= 15 is 0 Å². The largest absolute Gasteiger partial charge is 0.291 e. The summed E-state index contributed by atoms with van der Waals surface area (Å²) in [6.45, 7) is 4.46. The van der Waals surface area contributed by atoms with Gasteiger partial charge in [-0.25, -0.2) is 0 Å². The standard InChI is InChI=1S/C9H17O/c1-3-9(2)7-5-4-6-8-10/h9H,3-7H2,1-2H3. The Morgan fingerprint density at radius 3 is 2.60 bits per heavy atom. The molecule has 0 aromatic rings. The smallest absolute Gasteiger partial charge is 0.198 e. The van der Waals surface area contributed by atoms with Gasteiger partial charge >= 0.3 is 0 Å². The van der Waals surface area contributed by atoms with Crippen LogP contribution in [-0.4, -0.2) is 6.29 Å². The third-order valence-corrected chi connectivity index (χ3v) is 1.92. The Morgan fingerprint density at radius 2 is 2.10 bits per heavy atom. The van der Waals surface area contributed by atoms with Crippen molar-refractivity contribution in [1.29, 1.82) is 0 Å². The molecule has 0 saturated heterocycles. The highest BCUT2D eigenvalue weighted by Gasteiger charge is 1.96. The van der Waals surface area contributed by atoms with E-state index in [0.29, 0.717) is 6.42 Å². The lowest BCUT2D eigenvalue weighted by Crippen LogP contribution is -1.91. The van der Waals surface area contributed by atoms with Crippen molar-refractivity contribution in [3.05, 3.63) is 0 Å². The third kappa shape index (κ3) is 5.80. The normalized spacial score (nSPS) is 13.0. The van der Waals surface area contributed by atoms with Gasteiger partial charge in [0.05, 0.1) is 0 Å². The zero-order valence-electron chi connectivity index (χ0n) is 7.02. The Kier molecular flexibility index (Phi) is 6.56. The van der Waals surface area contributed by atoms with Gasteiger partial charge in [-0.15, -0.1) is 0 Å². The van der Waals surface area contributed by atoms with Gasteiger partial charge in [-0.2, -0.15) is 0 Å². The van der Waals surface area contributed by atoms with E-state index in [1.54, 1.807) is 0 Å². The van der Waals surface area contributed by atoms with E-state index in [4.69, 9.17) is 0 Å². The summed E-state index contributed by atoms with van der Waals surface area (Å²) in [4.78, 5) is 9.79. The van der Waals surface area contributed by atoms with Crippen molar-refractivity contribution in [2.24, 2.45) is 5.92 Å². The Labute approximate surface area is 63.8 Å². The van der Waals surface area contributed by atoms with E-state index in [1.807, 2.05) is 6.29 Å². The number of carbonyl (C=O) groups excluding carboxylic acids is 1. The molecule has 0 aliphatic heterocycles. The van der Waals surface area contributed by atoms with E-state index in [2.05, 4.69) is 13.8 Å². The quantitative estimate of drug-likeness (QED) is 0.520. The van der Waals surface area contributed by atoms with Gasteiger partial charge in [-0.1, -0.05) is 33.1 Å². The van der Waals surface area contributed by atoms with Gasteiger partial charge in [0.15, 0.2) is 6.29 Å². The van der Waals surface area contributed by atoms with Crippen LogP contribution < -0.4 is 0 Å². The molecule has 0 rings (SSSR count). The van der Waals surface area contributed by atoms with Crippen LogP contribution >= 0.6 is 0 Å². The molecule has 0 N–H and O–H groups in total. The molecule has 1 radical (unpaired) electrons. The van der Waals surface area contributed by atoms with Gasteiger partial charge in [-0.05, 0) is 12.3 Å². The summed E-state index contributed by atoms with van der Waals surface area (Å²) < 4.78 is 0. The fourth-order valence-corrected chi connectivity index (χ4v) is 0.894. The number of rotatable bonds is 6. The molecular weight excluding hydrogens is 124 g/mol. The van der Waals surface area contributed by atoms with Crippen LogP contribution in [0.15, 0.2) is 0 Å². The molecular formula is C9H17O. The summed E-state index contributed by atoms with van der Waals surface area (Å²) in [5.74, 6) is 0.826. The van der Waals surface area contributed by atoms with Crippen molar-refractivity contribution in [1.82, 2.24) is 0 Å². The maximum Gasteiger partial charge on any atom is 0.198 e.